The van der Waals surface area contributed by atoms with Gasteiger partial charge in [0.1, 0.15) is 11.6 Å². The Hall–Kier alpha value is -2.53. The smallest absolute Gasteiger partial charge is 0.142 e. The fraction of sp³-hybridized carbons (Fsp3) is 0.448. The van der Waals surface area contributed by atoms with Crippen LogP contribution in [0.2, 0.25) is 0 Å². The van der Waals surface area contributed by atoms with E-state index in [4.69, 9.17) is 4.74 Å². The molecule has 0 radical (unpaired) electrons. The van der Waals surface area contributed by atoms with Crippen molar-refractivity contribution >= 4 is 0 Å². The summed E-state index contributed by atoms with van der Waals surface area (Å²) in [4.78, 5) is 0. The summed E-state index contributed by atoms with van der Waals surface area (Å²) in [5.41, 5.74) is 2.76. The Morgan fingerprint density at radius 3 is 2.52 bits per heavy atom. The van der Waals surface area contributed by atoms with E-state index in [9.17, 15) is 4.39 Å². The molecule has 2 aromatic carbocycles. The summed E-state index contributed by atoms with van der Waals surface area (Å²) in [6, 6.07) is 13.4. The number of hydrogen-bond donors (Lipinski definition) is 0. The van der Waals surface area contributed by atoms with Crippen molar-refractivity contribution in [2.24, 2.45) is 17.8 Å². The number of benzene rings is 2. The molecule has 0 spiro atoms. The van der Waals surface area contributed by atoms with Gasteiger partial charge >= 0.3 is 0 Å². The average Bonchev–Trinajstić information content (AvgIpc) is 2.81. The highest BCUT2D eigenvalue weighted by atomic mass is 19.1. The van der Waals surface area contributed by atoms with E-state index in [1.165, 1.54) is 70.1 Å². The highest BCUT2D eigenvalue weighted by Gasteiger charge is 2.35. The Kier molecular flexibility index (Phi) is 7.13. The van der Waals surface area contributed by atoms with Crippen LogP contribution in [-0.4, -0.2) is 7.11 Å². The molecule has 31 heavy (non-hydrogen) atoms. The molecule has 162 valence electrons. The normalized spacial score (nSPS) is 25.1. The molecule has 0 heterocycles. The lowest BCUT2D eigenvalue weighted by Crippen LogP contribution is -2.30. The van der Waals surface area contributed by atoms with Gasteiger partial charge in [-0.15, -0.1) is 6.58 Å². The van der Waals surface area contributed by atoms with Crippen molar-refractivity contribution in [3.63, 3.8) is 0 Å². The van der Waals surface area contributed by atoms with Gasteiger partial charge in [-0.05, 0) is 98.4 Å². The molecule has 0 aromatic heterocycles. The fourth-order valence-electron chi connectivity index (χ4n) is 5.61. The zero-order chi connectivity index (χ0) is 21.6. The lowest BCUT2D eigenvalue weighted by Gasteiger charge is -2.42. The third kappa shape index (κ3) is 5.40. The van der Waals surface area contributed by atoms with Crippen molar-refractivity contribution in [1.82, 2.24) is 0 Å². The molecule has 2 aliphatic rings. The second-order valence-corrected chi connectivity index (χ2v) is 9.29. The molecule has 2 heteroatoms. The van der Waals surface area contributed by atoms with Crippen LogP contribution in [0, 0.1) is 35.4 Å². The second kappa shape index (κ2) is 10.2. The van der Waals surface area contributed by atoms with Crippen molar-refractivity contribution in [2.75, 3.05) is 7.11 Å². The summed E-state index contributed by atoms with van der Waals surface area (Å²) in [6.45, 7) is 3.88. The standard InChI is InChI=1S/C29H33FO/c1-3-4-5-22-9-13-27-19-26(15-14-25(27)18-22)23-10-6-21(7-11-23)8-12-24-16-17-28(31-2)20-29(24)30/h3,6-7,10-11,16-17,20,22,25-27H,1,4-5,9,13-15,18-19H2,2H3. The number of rotatable bonds is 5. The quantitative estimate of drug-likeness (QED) is 0.362. The number of methoxy groups -OCH3 is 1. The highest BCUT2D eigenvalue weighted by Crippen LogP contribution is 2.48. The number of ether oxygens (including phenoxy) is 1. The average molecular weight is 417 g/mol. The molecule has 2 aromatic rings. The van der Waals surface area contributed by atoms with E-state index in [1.807, 2.05) is 0 Å². The minimum atomic E-state index is -0.348. The van der Waals surface area contributed by atoms with E-state index in [2.05, 4.69) is 48.8 Å². The SMILES string of the molecule is C=CCCC1CCC2CC(c3ccc(C#Cc4ccc(OC)cc4F)cc3)CCC2C1. The minimum absolute atomic E-state index is 0.348. The molecular weight excluding hydrogens is 383 g/mol. The molecule has 1 nitrogen and oxygen atoms in total. The summed E-state index contributed by atoms with van der Waals surface area (Å²) in [5, 5.41) is 0. The molecule has 4 atom stereocenters. The minimum Gasteiger partial charge on any atom is -0.497 e. The first-order valence-electron chi connectivity index (χ1n) is 11.7. The zero-order valence-corrected chi connectivity index (χ0v) is 18.6. The monoisotopic (exact) mass is 416 g/mol. The zero-order valence-electron chi connectivity index (χ0n) is 18.6. The summed E-state index contributed by atoms with van der Waals surface area (Å²) < 4.78 is 19.1. The lowest BCUT2D eigenvalue weighted by molar-refractivity contribution is 0.115. The van der Waals surface area contributed by atoms with Gasteiger partial charge in [0.2, 0.25) is 0 Å². The number of halogens is 1. The van der Waals surface area contributed by atoms with Crippen LogP contribution in [0.15, 0.2) is 55.1 Å². The van der Waals surface area contributed by atoms with Gasteiger partial charge in [-0.2, -0.15) is 0 Å². The van der Waals surface area contributed by atoms with Gasteiger partial charge in [-0.3, -0.25) is 0 Å². The van der Waals surface area contributed by atoms with Crippen molar-refractivity contribution in [2.45, 2.75) is 57.3 Å². The van der Waals surface area contributed by atoms with E-state index in [1.54, 1.807) is 12.1 Å². The van der Waals surface area contributed by atoms with Crippen LogP contribution in [0.25, 0.3) is 0 Å². The Balaban J connectivity index is 1.36. The predicted octanol–water partition coefficient (Wildman–Crippen LogP) is 7.50. The second-order valence-electron chi connectivity index (χ2n) is 9.29. The van der Waals surface area contributed by atoms with Crippen molar-refractivity contribution < 1.29 is 9.13 Å². The van der Waals surface area contributed by atoms with E-state index in [0.717, 1.165) is 23.3 Å². The van der Waals surface area contributed by atoms with Gasteiger partial charge in [0, 0.05) is 11.6 Å². The molecule has 0 amide bonds. The third-order valence-electron chi connectivity index (χ3n) is 7.40. The van der Waals surface area contributed by atoms with Gasteiger partial charge in [-0.25, -0.2) is 4.39 Å². The van der Waals surface area contributed by atoms with E-state index in [0.29, 0.717) is 17.2 Å². The number of fused-ring (bicyclic) bond motifs is 1. The summed E-state index contributed by atoms with van der Waals surface area (Å²) >= 11 is 0. The first-order valence-corrected chi connectivity index (χ1v) is 11.7. The maximum absolute atomic E-state index is 14.1. The van der Waals surface area contributed by atoms with Gasteiger partial charge in [0.25, 0.3) is 0 Å². The van der Waals surface area contributed by atoms with Gasteiger partial charge < -0.3 is 4.74 Å². The van der Waals surface area contributed by atoms with E-state index >= 15 is 0 Å². The maximum Gasteiger partial charge on any atom is 0.142 e. The Labute approximate surface area is 186 Å². The summed E-state index contributed by atoms with van der Waals surface area (Å²) in [7, 11) is 1.53. The Morgan fingerprint density at radius 1 is 1.00 bits per heavy atom. The topological polar surface area (TPSA) is 9.23 Å². The first-order chi connectivity index (χ1) is 15.2. The summed E-state index contributed by atoms with van der Waals surface area (Å²) in [5.74, 6) is 9.63. The van der Waals surface area contributed by atoms with E-state index < -0.39 is 0 Å². The van der Waals surface area contributed by atoms with E-state index in [-0.39, 0.29) is 5.82 Å². The third-order valence-corrected chi connectivity index (χ3v) is 7.40. The molecule has 2 fully saturated rings. The number of hydrogen-bond acceptors (Lipinski definition) is 1. The van der Waals surface area contributed by atoms with Crippen LogP contribution < -0.4 is 4.74 Å². The molecule has 2 saturated carbocycles. The molecule has 0 saturated heterocycles. The van der Waals surface area contributed by atoms with Crippen molar-refractivity contribution in [3.05, 3.63) is 77.6 Å². The molecule has 4 rings (SSSR count). The molecule has 0 aliphatic heterocycles. The summed E-state index contributed by atoms with van der Waals surface area (Å²) in [6.07, 6.45) is 12.8. The Morgan fingerprint density at radius 2 is 1.77 bits per heavy atom. The molecule has 0 N–H and O–H groups in total. The first kappa shape index (κ1) is 21.7. The van der Waals surface area contributed by atoms with Crippen molar-refractivity contribution in [3.8, 4) is 17.6 Å². The van der Waals surface area contributed by atoms with Crippen LogP contribution in [0.5, 0.6) is 5.75 Å². The van der Waals surface area contributed by atoms with Crippen LogP contribution in [0.4, 0.5) is 4.39 Å². The fourth-order valence-corrected chi connectivity index (χ4v) is 5.61. The van der Waals surface area contributed by atoms with Gasteiger partial charge in [-0.1, -0.05) is 36.5 Å². The van der Waals surface area contributed by atoms with Crippen LogP contribution in [0.3, 0.4) is 0 Å². The van der Waals surface area contributed by atoms with Crippen molar-refractivity contribution in [1.29, 1.82) is 0 Å². The maximum atomic E-state index is 14.1. The molecule has 2 aliphatic carbocycles. The lowest BCUT2D eigenvalue weighted by atomic mass is 9.63. The van der Waals surface area contributed by atoms with Gasteiger partial charge in [0.05, 0.1) is 12.7 Å². The van der Waals surface area contributed by atoms with Crippen LogP contribution in [-0.2, 0) is 0 Å². The van der Waals surface area contributed by atoms with Gasteiger partial charge in [0.15, 0.2) is 0 Å². The predicted molar refractivity (Wildman–Crippen MR) is 126 cm³/mol. The Bertz CT molecular complexity index is 949. The van der Waals surface area contributed by atoms with Crippen LogP contribution in [0.1, 0.15) is 74.0 Å². The molecular formula is C29H33FO. The molecule has 4 unspecified atom stereocenters. The largest absolute Gasteiger partial charge is 0.497 e. The number of allylic oxidation sites excluding steroid dienone is 1. The highest BCUT2D eigenvalue weighted by molar-refractivity contribution is 5.45. The van der Waals surface area contributed by atoms with Crippen LogP contribution >= 0.6 is 0 Å². The molecule has 0 bridgehead atoms.